The van der Waals surface area contributed by atoms with E-state index in [0.29, 0.717) is 24.5 Å². The van der Waals surface area contributed by atoms with Crippen molar-refractivity contribution in [1.82, 2.24) is 10.2 Å². The molecule has 7 nitrogen and oxygen atoms in total. The molecule has 0 aromatic heterocycles. The Morgan fingerprint density at radius 1 is 1.21 bits per heavy atom. The molecule has 1 atom stereocenters. The topological polar surface area (TPSA) is 71.1 Å². The molecule has 176 valence electrons. The summed E-state index contributed by atoms with van der Waals surface area (Å²) in [6.07, 6.45) is 1.34. The molecule has 2 heterocycles. The lowest BCUT2D eigenvalue weighted by molar-refractivity contribution is -0.125. The van der Waals surface area contributed by atoms with Crippen LogP contribution in [0.1, 0.15) is 31.7 Å². The van der Waals surface area contributed by atoms with Crippen LogP contribution in [-0.2, 0) is 16.1 Å². The van der Waals surface area contributed by atoms with E-state index in [9.17, 15) is 14.0 Å². The van der Waals surface area contributed by atoms with Crippen molar-refractivity contribution >= 4 is 17.5 Å². The number of para-hydroxylation sites is 2. The molecule has 2 aromatic rings. The lowest BCUT2D eigenvalue weighted by atomic mass is 10.0. The predicted octanol–water partition coefficient (Wildman–Crippen LogP) is 3.12. The van der Waals surface area contributed by atoms with Gasteiger partial charge in [0.15, 0.2) is 17.7 Å². The van der Waals surface area contributed by atoms with Gasteiger partial charge in [-0.3, -0.25) is 14.5 Å². The van der Waals surface area contributed by atoms with E-state index < -0.39 is 6.10 Å². The van der Waals surface area contributed by atoms with E-state index in [-0.39, 0.29) is 35.8 Å². The summed E-state index contributed by atoms with van der Waals surface area (Å²) in [4.78, 5) is 29.0. The largest absolute Gasteiger partial charge is 0.494 e. The molecular formula is C25H30FN3O4. The van der Waals surface area contributed by atoms with Gasteiger partial charge in [-0.15, -0.1) is 0 Å². The number of carbonyl (C=O) groups is 2. The van der Waals surface area contributed by atoms with Gasteiger partial charge >= 0.3 is 0 Å². The number of amides is 2. The molecule has 1 fully saturated rings. The van der Waals surface area contributed by atoms with Crippen LogP contribution < -0.4 is 19.7 Å². The summed E-state index contributed by atoms with van der Waals surface area (Å²) in [6.45, 7) is 4.35. The Labute approximate surface area is 193 Å². The molecule has 0 radical (unpaired) electrons. The first-order chi connectivity index (χ1) is 15.9. The molecule has 33 heavy (non-hydrogen) atoms. The number of ether oxygens (including phenoxy) is 2. The van der Waals surface area contributed by atoms with E-state index in [1.54, 1.807) is 17.9 Å². The van der Waals surface area contributed by atoms with Crippen LogP contribution in [0.2, 0.25) is 0 Å². The van der Waals surface area contributed by atoms with Gasteiger partial charge in [-0.05, 0) is 49.6 Å². The third-order valence-corrected chi connectivity index (χ3v) is 6.21. The van der Waals surface area contributed by atoms with Crippen LogP contribution in [0.4, 0.5) is 10.1 Å². The normalized spacial score (nSPS) is 19.1. The van der Waals surface area contributed by atoms with Crippen LogP contribution in [0.5, 0.6) is 11.5 Å². The fraction of sp³-hybridized carbons (Fsp3) is 0.440. The summed E-state index contributed by atoms with van der Waals surface area (Å²) in [5.41, 5.74) is 1.61. The lowest BCUT2D eigenvalue weighted by Gasteiger charge is -2.34. The van der Waals surface area contributed by atoms with Gasteiger partial charge in [0.1, 0.15) is 5.75 Å². The molecular weight excluding hydrogens is 425 g/mol. The summed E-state index contributed by atoms with van der Waals surface area (Å²) in [7, 11) is 1.45. The monoisotopic (exact) mass is 455 g/mol. The Morgan fingerprint density at radius 2 is 1.97 bits per heavy atom. The summed E-state index contributed by atoms with van der Waals surface area (Å²) >= 11 is 0. The van der Waals surface area contributed by atoms with Gasteiger partial charge in [-0.25, -0.2) is 4.39 Å². The molecule has 2 amide bonds. The van der Waals surface area contributed by atoms with Crippen molar-refractivity contribution in [2.75, 3.05) is 31.6 Å². The van der Waals surface area contributed by atoms with Gasteiger partial charge in [-0.1, -0.05) is 18.2 Å². The van der Waals surface area contributed by atoms with Gasteiger partial charge < -0.3 is 19.7 Å². The first kappa shape index (κ1) is 23.0. The van der Waals surface area contributed by atoms with Gasteiger partial charge in [-0.2, -0.15) is 0 Å². The molecule has 1 unspecified atom stereocenters. The third kappa shape index (κ3) is 5.45. The maximum absolute atomic E-state index is 13.9. The number of halogens is 1. The van der Waals surface area contributed by atoms with Crippen LogP contribution in [-0.4, -0.2) is 55.6 Å². The van der Waals surface area contributed by atoms with Crippen molar-refractivity contribution < 1.29 is 23.5 Å². The van der Waals surface area contributed by atoms with E-state index in [1.807, 2.05) is 30.3 Å². The second-order valence-corrected chi connectivity index (χ2v) is 8.55. The van der Waals surface area contributed by atoms with Crippen molar-refractivity contribution in [2.24, 2.45) is 0 Å². The Kier molecular flexibility index (Phi) is 7.13. The quantitative estimate of drug-likeness (QED) is 0.695. The second kappa shape index (κ2) is 10.2. The number of nitrogens with zero attached hydrogens (tertiary/aromatic N) is 2. The zero-order valence-electron chi connectivity index (χ0n) is 19.1. The Bertz CT molecular complexity index is 1010. The molecule has 0 bridgehead atoms. The minimum absolute atomic E-state index is 0.0601. The number of piperidine rings is 1. The SMILES string of the molecule is COc1ccc(CN2CCC(NC(=O)CCN3C(=O)C(C)Oc4ccccc43)CC2)cc1F. The summed E-state index contributed by atoms with van der Waals surface area (Å²) in [5, 5.41) is 3.11. The van der Waals surface area contributed by atoms with Gasteiger partial charge in [0.25, 0.3) is 5.91 Å². The van der Waals surface area contributed by atoms with Crippen molar-refractivity contribution in [2.45, 2.75) is 44.9 Å². The zero-order valence-corrected chi connectivity index (χ0v) is 19.1. The van der Waals surface area contributed by atoms with E-state index in [2.05, 4.69) is 10.2 Å². The summed E-state index contributed by atoms with van der Waals surface area (Å²) in [5.74, 6) is 0.360. The van der Waals surface area contributed by atoms with Crippen LogP contribution in [0.15, 0.2) is 42.5 Å². The highest BCUT2D eigenvalue weighted by atomic mass is 19.1. The molecule has 0 aliphatic carbocycles. The standard InChI is InChI=1S/C25H30FN3O4/c1-17-25(31)29(21-5-3-4-6-23(21)33-17)14-11-24(30)27-19-9-12-28(13-10-19)16-18-7-8-22(32-2)20(26)15-18/h3-8,15,17,19H,9-14,16H2,1-2H3,(H,27,30). The lowest BCUT2D eigenvalue weighted by Crippen LogP contribution is -2.47. The minimum Gasteiger partial charge on any atom is -0.494 e. The Balaban J connectivity index is 1.24. The number of benzene rings is 2. The molecule has 1 N–H and O–H groups in total. The number of hydrogen-bond acceptors (Lipinski definition) is 5. The Morgan fingerprint density at radius 3 is 2.70 bits per heavy atom. The maximum Gasteiger partial charge on any atom is 0.267 e. The number of carbonyl (C=O) groups excluding carboxylic acids is 2. The highest BCUT2D eigenvalue weighted by molar-refractivity contribution is 6.00. The highest BCUT2D eigenvalue weighted by Crippen LogP contribution is 2.33. The summed E-state index contributed by atoms with van der Waals surface area (Å²) < 4.78 is 24.5. The van der Waals surface area contributed by atoms with E-state index in [4.69, 9.17) is 9.47 Å². The fourth-order valence-electron chi connectivity index (χ4n) is 4.40. The number of nitrogens with one attached hydrogen (secondary N) is 1. The number of likely N-dealkylation sites (tertiary alicyclic amines) is 1. The minimum atomic E-state index is -0.563. The average Bonchev–Trinajstić information content (AvgIpc) is 2.81. The predicted molar refractivity (Wildman–Crippen MR) is 123 cm³/mol. The molecule has 2 aromatic carbocycles. The number of hydrogen-bond donors (Lipinski definition) is 1. The van der Waals surface area contributed by atoms with Crippen molar-refractivity contribution in [1.29, 1.82) is 0 Å². The molecule has 0 saturated carbocycles. The van der Waals surface area contributed by atoms with Crippen LogP contribution in [0, 0.1) is 5.82 Å². The molecule has 2 aliphatic heterocycles. The number of rotatable bonds is 7. The van der Waals surface area contributed by atoms with E-state index in [1.165, 1.54) is 13.2 Å². The average molecular weight is 456 g/mol. The van der Waals surface area contributed by atoms with E-state index in [0.717, 1.165) is 31.5 Å². The number of fused-ring (bicyclic) bond motifs is 1. The number of anilines is 1. The van der Waals surface area contributed by atoms with Crippen LogP contribution >= 0.6 is 0 Å². The molecule has 4 rings (SSSR count). The molecule has 1 saturated heterocycles. The van der Waals surface area contributed by atoms with Crippen LogP contribution in [0.25, 0.3) is 0 Å². The van der Waals surface area contributed by atoms with E-state index >= 15 is 0 Å². The van der Waals surface area contributed by atoms with Crippen molar-refractivity contribution in [3.05, 3.63) is 53.8 Å². The Hall–Kier alpha value is -3.13. The zero-order chi connectivity index (χ0) is 23.4. The maximum atomic E-state index is 13.9. The number of methoxy groups -OCH3 is 1. The van der Waals surface area contributed by atoms with Gasteiger partial charge in [0.05, 0.1) is 12.8 Å². The first-order valence-electron chi connectivity index (χ1n) is 11.4. The smallest absolute Gasteiger partial charge is 0.267 e. The van der Waals surface area contributed by atoms with Crippen LogP contribution in [0.3, 0.4) is 0 Å². The third-order valence-electron chi connectivity index (χ3n) is 6.21. The first-order valence-corrected chi connectivity index (χ1v) is 11.4. The van der Waals surface area contributed by atoms with Crippen molar-refractivity contribution in [3.63, 3.8) is 0 Å². The van der Waals surface area contributed by atoms with Gasteiger partial charge in [0, 0.05) is 38.6 Å². The van der Waals surface area contributed by atoms with Crippen molar-refractivity contribution in [3.8, 4) is 11.5 Å². The highest BCUT2D eigenvalue weighted by Gasteiger charge is 2.31. The molecule has 8 heteroatoms. The summed E-state index contributed by atoms with van der Waals surface area (Å²) in [6, 6.07) is 12.5. The molecule has 2 aliphatic rings. The van der Waals surface area contributed by atoms with Gasteiger partial charge in [0.2, 0.25) is 5.91 Å². The fourth-order valence-corrected chi connectivity index (χ4v) is 4.40. The molecule has 0 spiro atoms. The second-order valence-electron chi connectivity index (χ2n) is 8.55.